The van der Waals surface area contributed by atoms with E-state index in [1.165, 1.54) is 0 Å². The van der Waals surface area contributed by atoms with Crippen LogP contribution in [0, 0.1) is 0 Å². The molecule has 0 aliphatic rings. The Morgan fingerprint density at radius 2 is 2.08 bits per heavy atom. The molecule has 2 nitrogen and oxygen atoms in total. The molecule has 0 aliphatic heterocycles. The van der Waals surface area contributed by atoms with Gasteiger partial charge in [0.05, 0.1) is 5.75 Å². The molecule has 1 rings (SSSR count). The van der Waals surface area contributed by atoms with Crippen LogP contribution in [0.3, 0.4) is 0 Å². The van der Waals surface area contributed by atoms with Gasteiger partial charge in [-0.25, -0.2) is 8.42 Å². The molecule has 0 atom stereocenters. The van der Waals surface area contributed by atoms with Gasteiger partial charge in [-0.2, -0.15) is 0 Å². The van der Waals surface area contributed by atoms with Crippen LogP contribution in [0.4, 0.5) is 0 Å². The van der Waals surface area contributed by atoms with E-state index in [0.29, 0.717) is 5.02 Å². The second-order valence-corrected chi connectivity index (χ2v) is 5.60. The van der Waals surface area contributed by atoms with Crippen molar-refractivity contribution in [1.29, 1.82) is 0 Å². The topological polar surface area (TPSA) is 34.1 Å². The van der Waals surface area contributed by atoms with Crippen molar-refractivity contribution in [2.24, 2.45) is 0 Å². The lowest BCUT2D eigenvalue weighted by Crippen LogP contribution is -2.06. The molecular formula is C9H11ClO2S. The SMILES string of the molecule is CCS(=O)(=O)Cc1cccc(Cl)c1. The molecule has 72 valence electrons. The highest BCUT2D eigenvalue weighted by atomic mass is 35.5. The van der Waals surface area contributed by atoms with Gasteiger partial charge in [-0.1, -0.05) is 30.7 Å². The Morgan fingerprint density at radius 1 is 1.38 bits per heavy atom. The third-order valence-corrected chi connectivity index (χ3v) is 3.60. The van der Waals surface area contributed by atoms with Crippen LogP contribution in [0.25, 0.3) is 0 Å². The molecule has 0 aliphatic carbocycles. The van der Waals surface area contributed by atoms with Crippen molar-refractivity contribution >= 4 is 21.4 Å². The average Bonchev–Trinajstić information content (AvgIpc) is 2.03. The van der Waals surface area contributed by atoms with Crippen molar-refractivity contribution in [1.82, 2.24) is 0 Å². The Hall–Kier alpha value is -0.540. The van der Waals surface area contributed by atoms with E-state index in [9.17, 15) is 8.42 Å². The summed E-state index contributed by atoms with van der Waals surface area (Å²) in [4.78, 5) is 0. The average molecular weight is 219 g/mol. The van der Waals surface area contributed by atoms with Crippen LogP contribution in [-0.2, 0) is 15.6 Å². The van der Waals surface area contributed by atoms with Crippen LogP contribution in [0.5, 0.6) is 0 Å². The molecule has 0 heterocycles. The lowest BCUT2D eigenvalue weighted by Gasteiger charge is -2.01. The van der Waals surface area contributed by atoms with Crippen LogP contribution in [0.2, 0.25) is 5.02 Å². The summed E-state index contributed by atoms with van der Waals surface area (Å²) in [7, 11) is -2.95. The van der Waals surface area contributed by atoms with E-state index in [1.54, 1.807) is 31.2 Å². The summed E-state index contributed by atoms with van der Waals surface area (Å²) >= 11 is 5.72. The number of rotatable bonds is 3. The molecule has 0 radical (unpaired) electrons. The fourth-order valence-corrected chi connectivity index (χ4v) is 2.09. The van der Waals surface area contributed by atoms with Crippen molar-refractivity contribution in [2.75, 3.05) is 5.75 Å². The van der Waals surface area contributed by atoms with Crippen molar-refractivity contribution in [2.45, 2.75) is 12.7 Å². The van der Waals surface area contributed by atoms with E-state index >= 15 is 0 Å². The van der Waals surface area contributed by atoms with Crippen LogP contribution in [-0.4, -0.2) is 14.2 Å². The molecule has 1 aromatic carbocycles. The third kappa shape index (κ3) is 3.36. The normalized spacial score (nSPS) is 11.5. The summed E-state index contributed by atoms with van der Waals surface area (Å²) in [5.74, 6) is 0.240. The van der Waals surface area contributed by atoms with Gasteiger partial charge in [0.25, 0.3) is 0 Å². The van der Waals surface area contributed by atoms with E-state index in [2.05, 4.69) is 0 Å². The fraction of sp³-hybridized carbons (Fsp3) is 0.333. The quantitative estimate of drug-likeness (QED) is 0.780. The lowest BCUT2D eigenvalue weighted by atomic mass is 10.2. The van der Waals surface area contributed by atoms with Gasteiger partial charge in [0.1, 0.15) is 0 Å². The van der Waals surface area contributed by atoms with E-state index in [-0.39, 0.29) is 11.5 Å². The Morgan fingerprint density at radius 3 is 2.62 bits per heavy atom. The highest BCUT2D eigenvalue weighted by Crippen LogP contribution is 2.13. The largest absolute Gasteiger partial charge is 0.229 e. The molecule has 0 fully saturated rings. The smallest absolute Gasteiger partial charge is 0.154 e. The van der Waals surface area contributed by atoms with Crippen LogP contribution in [0.15, 0.2) is 24.3 Å². The standard InChI is InChI=1S/C9H11ClO2S/c1-2-13(11,12)7-8-4-3-5-9(10)6-8/h3-6H,2,7H2,1H3. The second-order valence-electron chi connectivity index (χ2n) is 2.81. The third-order valence-electron chi connectivity index (χ3n) is 1.72. The highest BCUT2D eigenvalue weighted by molar-refractivity contribution is 7.90. The number of hydrogen-bond acceptors (Lipinski definition) is 2. The second kappa shape index (κ2) is 4.11. The molecule has 0 bridgehead atoms. The molecule has 0 unspecified atom stereocenters. The number of sulfone groups is 1. The molecule has 13 heavy (non-hydrogen) atoms. The molecule has 1 aromatic rings. The van der Waals surface area contributed by atoms with E-state index < -0.39 is 9.84 Å². The molecule has 0 aromatic heterocycles. The first-order valence-corrected chi connectivity index (χ1v) is 6.18. The number of halogens is 1. The van der Waals surface area contributed by atoms with Crippen molar-refractivity contribution < 1.29 is 8.42 Å². The molecule has 0 amide bonds. The van der Waals surface area contributed by atoms with Gasteiger partial charge in [-0.05, 0) is 17.7 Å². The van der Waals surface area contributed by atoms with E-state index in [1.807, 2.05) is 0 Å². The Kier molecular flexibility index (Phi) is 3.33. The molecular weight excluding hydrogens is 208 g/mol. The molecule has 4 heteroatoms. The first-order chi connectivity index (χ1) is 6.03. The first kappa shape index (κ1) is 10.5. The van der Waals surface area contributed by atoms with Gasteiger partial charge in [0, 0.05) is 10.8 Å². The van der Waals surface area contributed by atoms with Gasteiger partial charge in [0.2, 0.25) is 0 Å². The Balaban J connectivity index is 2.87. The number of hydrogen-bond donors (Lipinski definition) is 0. The molecule has 0 N–H and O–H groups in total. The van der Waals surface area contributed by atoms with Gasteiger partial charge in [-0.15, -0.1) is 0 Å². The minimum Gasteiger partial charge on any atom is -0.229 e. The van der Waals surface area contributed by atoms with Crippen LogP contribution >= 0.6 is 11.6 Å². The maximum atomic E-state index is 11.2. The summed E-state index contributed by atoms with van der Waals surface area (Å²) in [6, 6.07) is 6.92. The number of benzene rings is 1. The Labute approximate surface area is 83.5 Å². The zero-order valence-electron chi connectivity index (χ0n) is 7.33. The lowest BCUT2D eigenvalue weighted by molar-refractivity contribution is 0.596. The highest BCUT2D eigenvalue weighted by Gasteiger charge is 2.08. The maximum absolute atomic E-state index is 11.2. The van der Waals surface area contributed by atoms with Gasteiger partial charge >= 0.3 is 0 Å². The maximum Gasteiger partial charge on any atom is 0.154 e. The fourth-order valence-electron chi connectivity index (χ4n) is 0.983. The summed E-state index contributed by atoms with van der Waals surface area (Å²) in [5, 5.41) is 0.573. The van der Waals surface area contributed by atoms with Gasteiger partial charge in [0.15, 0.2) is 9.84 Å². The molecule has 0 saturated heterocycles. The van der Waals surface area contributed by atoms with Crippen LogP contribution < -0.4 is 0 Å². The monoisotopic (exact) mass is 218 g/mol. The zero-order valence-corrected chi connectivity index (χ0v) is 8.90. The van der Waals surface area contributed by atoms with Gasteiger partial charge < -0.3 is 0 Å². The van der Waals surface area contributed by atoms with E-state index in [4.69, 9.17) is 11.6 Å². The molecule has 0 spiro atoms. The zero-order chi connectivity index (χ0) is 9.90. The first-order valence-electron chi connectivity index (χ1n) is 3.98. The predicted molar refractivity (Wildman–Crippen MR) is 54.6 cm³/mol. The van der Waals surface area contributed by atoms with Crippen molar-refractivity contribution in [3.63, 3.8) is 0 Å². The molecule has 0 saturated carbocycles. The summed E-state index contributed by atoms with van der Waals surface area (Å²) in [6.07, 6.45) is 0. The summed E-state index contributed by atoms with van der Waals surface area (Å²) < 4.78 is 22.5. The Bertz CT molecular complexity index is 384. The van der Waals surface area contributed by atoms with Gasteiger partial charge in [-0.3, -0.25) is 0 Å². The minimum atomic E-state index is -2.95. The summed E-state index contributed by atoms with van der Waals surface area (Å²) in [5.41, 5.74) is 0.745. The minimum absolute atomic E-state index is 0.0735. The predicted octanol–water partition coefficient (Wildman–Crippen LogP) is 2.27. The van der Waals surface area contributed by atoms with Crippen molar-refractivity contribution in [3.8, 4) is 0 Å². The summed E-state index contributed by atoms with van der Waals surface area (Å²) in [6.45, 7) is 1.64. The van der Waals surface area contributed by atoms with E-state index in [0.717, 1.165) is 5.56 Å². The van der Waals surface area contributed by atoms with Crippen LogP contribution in [0.1, 0.15) is 12.5 Å². The van der Waals surface area contributed by atoms with Crippen molar-refractivity contribution in [3.05, 3.63) is 34.9 Å².